The second kappa shape index (κ2) is 6.74. The van der Waals surface area contributed by atoms with Crippen molar-refractivity contribution in [2.24, 2.45) is 0 Å². The second-order valence-corrected chi connectivity index (χ2v) is 6.85. The molecule has 0 radical (unpaired) electrons. The highest BCUT2D eigenvalue weighted by Gasteiger charge is 2.22. The fourth-order valence-corrected chi connectivity index (χ4v) is 3.81. The normalized spacial score (nSPS) is 13.3. The molecule has 1 heterocycles. The van der Waals surface area contributed by atoms with Crippen molar-refractivity contribution in [1.82, 2.24) is 5.32 Å². The van der Waals surface area contributed by atoms with E-state index in [0.717, 1.165) is 35.8 Å². The Bertz CT molecular complexity index is 1040. The van der Waals surface area contributed by atoms with Crippen molar-refractivity contribution in [2.45, 2.75) is 32.4 Å². The van der Waals surface area contributed by atoms with Crippen LogP contribution in [0.2, 0.25) is 5.02 Å². The minimum Gasteiger partial charge on any atom is -0.507 e. The van der Waals surface area contributed by atoms with Crippen LogP contribution < -0.4 is 10.9 Å². The van der Waals surface area contributed by atoms with Gasteiger partial charge in [-0.15, -0.1) is 0 Å². The van der Waals surface area contributed by atoms with Crippen molar-refractivity contribution in [3.63, 3.8) is 0 Å². The summed E-state index contributed by atoms with van der Waals surface area (Å²) in [5, 5.41) is 14.5. The smallest absolute Gasteiger partial charge is 0.339 e. The lowest BCUT2D eigenvalue weighted by Gasteiger charge is -2.12. The SMILES string of the molecule is O=c1oc2c(CNCc3c(F)cccc3Cl)c(O)ccc2c2c1CCC2. The number of rotatable bonds is 4. The third kappa shape index (κ3) is 2.87. The molecule has 0 saturated carbocycles. The minimum atomic E-state index is -0.392. The van der Waals surface area contributed by atoms with E-state index in [2.05, 4.69) is 5.32 Å². The van der Waals surface area contributed by atoms with E-state index in [1.54, 1.807) is 24.3 Å². The van der Waals surface area contributed by atoms with Crippen LogP contribution in [0.4, 0.5) is 4.39 Å². The number of phenolic OH excluding ortho intramolecular Hbond substituents is 1. The molecular formula is C20H17ClFNO3. The summed E-state index contributed by atoms with van der Waals surface area (Å²) in [4.78, 5) is 12.2. The summed E-state index contributed by atoms with van der Waals surface area (Å²) in [5.74, 6) is -0.359. The Kier molecular flexibility index (Phi) is 4.42. The Labute approximate surface area is 154 Å². The van der Waals surface area contributed by atoms with Gasteiger partial charge in [0.05, 0.1) is 5.56 Å². The first-order chi connectivity index (χ1) is 12.6. The molecule has 2 aromatic carbocycles. The van der Waals surface area contributed by atoms with Crippen LogP contribution in [-0.4, -0.2) is 5.11 Å². The number of fused-ring (bicyclic) bond motifs is 3. The van der Waals surface area contributed by atoms with Gasteiger partial charge in [0.2, 0.25) is 0 Å². The molecule has 26 heavy (non-hydrogen) atoms. The fourth-order valence-electron chi connectivity index (χ4n) is 3.58. The standard InChI is InChI=1S/C20H17ClFNO3/c21-16-5-2-6-17(22)14(16)9-23-10-15-18(24)8-7-12-11-3-1-4-13(11)20(25)26-19(12)15/h2,5-8,23-24H,1,3-4,9-10H2. The molecule has 4 rings (SSSR count). The highest BCUT2D eigenvalue weighted by molar-refractivity contribution is 6.31. The Morgan fingerprint density at radius 2 is 1.88 bits per heavy atom. The first-order valence-corrected chi connectivity index (χ1v) is 8.87. The van der Waals surface area contributed by atoms with Gasteiger partial charge in [0.1, 0.15) is 17.1 Å². The molecule has 4 nitrogen and oxygen atoms in total. The van der Waals surface area contributed by atoms with Crippen LogP contribution in [0.5, 0.6) is 5.75 Å². The van der Waals surface area contributed by atoms with Crippen LogP contribution in [0.25, 0.3) is 11.0 Å². The molecule has 0 amide bonds. The van der Waals surface area contributed by atoms with Crippen molar-refractivity contribution >= 4 is 22.6 Å². The van der Waals surface area contributed by atoms with Crippen LogP contribution in [-0.2, 0) is 25.9 Å². The van der Waals surface area contributed by atoms with Crippen LogP contribution in [0.15, 0.2) is 39.5 Å². The van der Waals surface area contributed by atoms with Gasteiger partial charge in [-0.1, -0.05) is 17.7 Å². The van der Waals surface area contributed by atoms with Crippen molar-refractivity contribution in [1.29, 1.82) is 0 Å². The summed E-state index contributed by atoms with van der Waals surface area (Å²) in [5.41, 5.74) is 2.64. The highest BCUT2D eigenvalue weighted by Crippen LogP contribution is 2.33. The molecule has 0 unspecified atom stereocenters. The van der Waals surface area contributed by atoms with Gasteiger partial charge >= 0.3 is 5.63 Å². The lowest BCUT2D eigenvalue weighted by Crippen LogP contribution is -2.15. The fraction of sp³-hybridized carbons (Fsp3) is 0.250. The van der Waals surface area contributed by atoms with Gasteiger partial charge in [-0.2, -0.15) is 0 Å². The summed E-state index contributed by atoms with van der Waals surface area (Å²) < 4.78 is 19.4. The van der Waals surface area contributed by atoms with E-state index < -0.39 is 5.82 Å². The molecular weight excluding hydrogens is 357 g/mol. The molecule has 0 aliphatic heterocycles. The van der Waals surface area contributed by atoms with E-state index in [4.69, 9.17) is 16.0 Å². The van der Waals surface area contributed by atoms with Crippen LogP contribution in [0.1, 0.15) is 28.7 Å². The van der Waals surface area contributed by atoms with E-state index in [9.17, 15) is 14.3 Å². The van der Waals surface area contributed by atoms with Gasteiger partial charge in [0.25, 0.3) is 0 Å². The number of benzene rings is 2. The van der Waals surface area contributed by atoms with E-state index in [-0.39, 0.29) is 24.5 Å². The Morgan fingerprint density at radius 3 is 2.69 bits per heavy atom. The molecule has 6 heteroatoms. The first-order valence-electron chi connectivity index (χ1n) is 8.49. The number of aromatic hydroxyl groups is 1. The Balaban J connectivity index is 1.67. The maximum atomic E-state index is 13.9. The lowest BCUT2D eigenvalue weighted by atomic mass is 10.0. The maximum absolute atomic E-state index is 13.9. The lowest BCUT2D eigenvalue weighted by molar-refractivity contribution is 0.460. The van der Waals surface area contributed by atoms with Gasteiger partial charge in [0.15, 0.2) is 0 Å². The predicted octanol–water partition coefficient (Wildman–Crippen LogP) is 4.07. The van der Waals surface area contributed by atoms with E-state index in [0.29, 0.717) is 21.7 Å². The second-order valence-electron chi connectivity index (χ2n) is 6.44. The monoisotopic (exact) mass is 373 g/mol. The highest BCUT2D eigenvalue weighted by atomic mass is 35.5. The number of nitrogens with one attached hydrogen (secondary N) is 1. The third-order valence-corrected chi connectivity index (χ3v) is 5.24. The van der Waals surface area contributed by atoms with E-state index >= 15 is 0 Å². The zero-order valence-electron chi connectivity index (χ0n) is 13.9. The van der Waals surface area contributed by atoms with E-state index in [1.807, 2.05) is 0 Å². The van der Waals surface area contributed by atoms with Crippen molar-refractivity contribution in [3.8, 4) is 5.75 Å². The first kappa shape index (κ1) is 17.1. The van der Waals surface area contributed by atoms with Crippen molar-refractivity contribution in [3.05, 3.63) is 73.8 Å². The topological polar surface area (TPSA) is 62.5 Å². The molecule has 3 aromatic rings. The average Bonchev–Trinajstić information content (AvgIpc) is 3.10. The van der Waals surface area contributed by atoms with Crippen molar-refractivity contribution < 1.29 is 13.9 Å². The molecule has 134 valence electrons. The van der Waals surface area contributed by atoms with E-state index in [1.165, 1.54) is 6.07 Å². The van der Waals surface area contributed by atoms with Crippen LogP contribution >= 0.6 is 11.6 Å². The summed E-state index contributed by atoms with van der Waals surface area (Å²) in [6.45, 7) is 0.409. The summed E-state index contributed by atoms with van der Waals surface area (Å²) in [6, 6.07) is 7.91. The Hall–Kier alpha value is -2.37. The predicted molar refractivity (Wildman–Crippen MR) is 98.1 cm³/mol. The number of hydrogen-bond donors (Lipinski definition) is 2. The molecule has 1 aromatic heterocycles. The number of aryl methyl sites for hydroxylation is 1. The zero-order chi connectivity index (χ0) is 18.3. The third-order valence-electron chi connectivity index (χ3n) is 4.89. The molecule has 1 aliphatic carbocycles. The van der Waals surface area contributed by atoms with Gasteiger partial charge < -0.3 is 14.8 Å². The summed E-state index contributed by atoms with van der Waals surface area (Å²) in [7, 11) is 0. The van der Waals surface area contributed by atoms with Gasteiger partial charge in [0, 0.05) is 34.6 Å². The Morgan fingerprint density at radius 1 is 1.12 bits per heavy atom. The van der Waals surface area contributed by atoms with Crippen molar-refractivity contribution in [2.75, 3.05) is 0 Å². The molecule has 0 saturated heterocycles. The molecule has 2 N–H and O–H groups in total. The largest absolute Gasteiger partial charge is 0.507 e. The van der Waals surface area contributed by atoms with Crippen LogP contribution in [0, 0.1) is 5.82 Å². The maximum Gasteiger partial charge on any atom is 0.339 e. The van der Waals surface area contributed by atoms with Crippen LogP contribution in [0.3, 0.4) is 0 Å². The molecule has 0 fully saturated rings. The average molecular weight is 374 g/mol. The molecule has 1 aliphatic rings. The van der Waals surface area contributed by atoms with Gasteiger partial charge in [-0.25, -0.2) is 9.18 Å². The number of phenols is 1. The summed E-state index contributed by atoms with van der Waals surface area (Å²) in [6.07, 6.45) is 2.49. The molecule has 0 spiro atoms. The molecule has 0 atom stereocenters. The zero-order valence-corrected chi connectivity index (χ0v) is 14.7. The number of halogens is 2. The summed E-state index contributed by atoms with van der Waals surface area (Å²) >= 11 is 6.03. The molecule has 0 bridgehead atoms. The number of hydrogen-bond acceptors (Lipinski definition) is 4. The minimum absolute atomic E-state index is 0.0331. The quantitative estimate of drug-likeness (QED) is 0.677. The van der Waals surface area contributed by atoms with Gasteiger partial charge in [-0.3, -0.25) is 0 Å². The van der Waals surface area contributed by atoms with Gasteiger partial charge in [-0.05, 0) is 49.1 Å².